The van der Waals surface area contributed by atoms with Gasteiger partial charge < -0.3 is 15.2 Å². The summed E-state index contributed by atoms with van der Waals surface area (Å²) in [5.41, 5.74) is 2.99. The molecule has 4 aromatic rings. The monoisotopic (exact) mass is 479 g/mol. The number of nitrogens with zero attached hydrogens (tertiary/aromatic N) is 5. The van der Waals surface area contributed by atoms with Gasteiger partial charge in [0.15, 0.2) is 11.0 Å². The van der Waals surface area contributed by atoms with E-state index in [0.29, 0.717) is 27.8 Å². The highest BCUT2D eigenvalue weighted by Gasteiger charge is 2.13. The first-order valence-corrected chi connectivity index (χ1v) is 11.3. The van der Waals surface area contributed by atoms with Crippen LogP contribution < -0.4 is 10.6 Å². The van der Waals surface area contributed by atoms with Crippen LogP contribution in [0.25, 0.3) is 5.69 Å². The van der Waals surface area contributed by atoms with Gasteiger partial charge in [-0.25, -0.2) is 9.07 Å². The second kappa shape index (κ2) is 9.87. The second-order valence-corrected chi connectivity index (χ2v) is 8.54. The summed E-state index contributed by atoms with van der Waals surface area (Å²) in [6, 6.07) is 12.8. The lowest BCUT2D eigenvalue weighted by Crippen LogP contribution is -2.16. The number of carbonyl (C=O) groups is 2. The topological polar surface area (TPSA) is 107 Å². The lowest BCUT2D eigenvalue weighted by Gasteiger charge is -2.10. The molecule has 0 aliphatic carbocycles. The normalized spacial score (nSPS) is 10.8. The van der Waals surface area contributed by atoms with E-state index in [9.17, 15) is 14.0 Å². The van der Waals surface area contributed by atoms with E-state index in [2.05, 4.69) is 25.9 Å². The van der Waals surface area contributed by atoms with Gasteiger partial charge in [-0.1, -0.05) is 17.8 Å². The average molecular weight is 480 g/mol. The van der Waals surface area contributed by atoms with Crippen molar-refractivity contribution in [1.82, 2.24) is 24.5 Å². The predicted molar refractivity (Wildman–Crippen MR) is 128 cm³/mol. The molecular weight excluding hydrogens is 457 g/mol. The fourth-order valence-corrected chi connectivity index (χ4v) is 3.99. The van der Waals surface area contributed by atoms with Gasteiger partial charge in [-0.3, -0.25) is 9.59 Å². The standard InChI is InChI=1S/C23H22FN7O2S/c1-14-9-15(2)31(29-14)20-8-7-18(11-19(20)24)27-22(33)16-5-4-6-17(10-16)26-21(32)12-34-23-28-25-13-30(23)3/h4-11,13H,12H2,1-3H3,(H,26,32)(H,27,33). The second-order valence-electron chi connectivity index (χ2n) is 7.60. The molecule has 0 saturated carbocycles. The van der Waals surface area contributed by atoms with Gasteiger partial charge in [0, 0.05) is 29.7 Å². The third-order valence-corrected chi connectivity index (χ3v) is 5.89. The number of halogens is 1. The van der Waals surface area contributed by atoms with E-state index in [1.165, 1.54) is 22.5 Å². The smallest absolute Gasteiger partial charge is 0.255 e. The molecule has 2 aromatic carbocycles. The Morgan fingerprint density at radius 2 is 1.85 bits per heavy atom. The van der Waals surface area contributed by atoms with Gasteiger partial charge in [0.05, 0.1) is 11.4 Å². The van der Waals surface area contributed by atoms with E-state index >= 15 is 0 Å². The van der Waals surface area contributed by atoms with Crippen LogP contribution in [-0.4, -0.2) is 42.1 Å². The van der Waals surface area contributed by atoms with Crippen molar-refractivity contribution < 1.29 is 14.0 Å². The minimum Gasteiger partial charge on any atom is -0.325 e. The summed E-state index contributed by atoms with van der Waals surface area (Å²) in [4.78, 5) is 25.0. The van der Waals surface area contributed by atoms with Crippen molar-refractivity contribution in [2.45, 2.75) is 19.0 Å². The number of aryl methyl sites for hydroxylation is 3. The predicted octanol–water partition coefficient (Wildman–Crippen LogP) is 3.74. The van der Waals surface area contributed by atoms with E-state index in [-0.39, 0.29) is 11.7 Å². The molecule has 0 radical (unpaired) electrons. The van der Waals surface area contributed by atoms with Gasteiger partial charge in [-0.15, -0.1) is 10.2 Å². The highest BCUT2D eigenvalue weighted by atomic mass is 32.2. The molecular formula is C23H22FN7O2S. The van der Waals surface area contributed by atoms with Crippen LogP contribution in [0, 0.1) is 19.7 Å². The minimum absolute atomic E-state index is 0.143. The molecule has 2 heterocycles. The van der Waals surface area contributed by atoms with Gasteiger partial charge in [-0.05, 0) is 56.3 Å². The van der Waals surface area contributed by atoms with Crippen molar-refractivity contribution in [3.05, 3.63) is 77.6 Å². The maximum atomic E-state index is 14.7. The van der Waals surface area contributed by atoms with Crippen molar-refractivity contribution in [2.75, 3.05) is 16.4 Å². The lowest BCUT2D eigenvalue weighted by atomic mass is 10.1. The number of rotatable bonds is 7. The maximum Gasteiger partial charge on any atom is 0.255 e. The molecule has 9 nitrogen and oxygen atoms in total. The summed E-state index contributed by atoms with van der Waals surface area (Å²) < 4.78 is 18.0. The van der Waals surface area contributed by atoms with E-state index in [1.54, 1.807) is 54.3 Å². The van der Waals surface area contributed by atoms with Crippen molar-refractivity contribution in [1.29, 1.82) is 0 Å². The first kappa shape index (κ1) is 23.2. The Bertz CT molecular complexity index is 1370. The first-order valence-electron chi connectivity index (χ1n) is 10.3. The zero-order chi connectivity index (χ0) is 24.2. The van der Waals surface area contributed by atoms with Crippen LogP contribution in [0.4, 0.5) is 15.8 Å². The zero-order valence-electron chi connectivity index (χ0n) is 18.7. The molecule has 174 valence electrons. The molecule has 0 aliphatic rings. The molecule has 0 saturated heterocycles. The van der Waals surface area contributed by atoms with Crippen LogP contribution >= 0.6 is 11.8 Å². The highest BCUT2D eigenvalue weighted by Crippen LogP contribution is 2.21. The number of thioether (sulfide) groups is 1. The Labute approximate surface area is 199 Å². The van der Waals surface area contributed by atoms with Crippen molar-refractivity contribution >= 4 is 35.0 Å². The summed E-state index contributed by atoms with van der Waals surface area (Å²) in [5.74, 6) is -1.04. The van der Waals surface area contributed by atoms with E-state index < -0.39 is 11.7 Å². The summed E-state index contributed by atoms with van der Waals surface area (Å²) in [7, 11) is 1.79. The SMILES string of the molecule is Cc1cc(C)n(-c2ccc(NC(=O)c3cccc(NC(=O)CSc4nncn4C)c3)cc2F)n1. The van der Waals surface area contributed by atoms with Crippen LogP contribution in [0.1, 0.15) is 21.7 Å². The molecule has 0 spiro atoms. The number of anilines is 2. The zero-order valence-corrected chi connectivity index (χ0v) is 19.6. The van der Waals surface area contributed by atoms with Crippen LogP contribution in [0.2, 0.25) is 0 Å². The summed E-state index contributed by atoms with van der Waals surface area (Å²) in [5, 5.41) is 18.0. The van der Waals surface area contributed by atoms with Gasteiger partial charge in [0.2, 0.25) is 5.91 Å². The lowest BCUT2D eigenvalue weighted by molar-refractivity contribution is -0.113. The third kappa shape index (κ3) is 5.31. The van der Waals surface area contributed by atoms with Crippen LogP contribution in [0.3, 0.4) is 0 Å². The Balaban J connectivity index is 1.40. The number of nitrogens with one attached hydrogen (secondary N) is 2. The Hall–Kier alpha value is -3.99. The highest BCUT2D eigenvalue weighted by molar-refractivity contribution is 7.99. The van der Waals surface area contributed by atoms with Gasteiger partial charge >= 0.3 is 0 Å². The van der Waals surface area contributed by atoms with Crippen molar-refractivity contribution in [3.8, 4) is 5.69 Å². The number of amides is 2. The number of carbonyl (C=O) groups excluding carboxylic acids is 2. The molecule has 4 rings (SSSR count). The molecule has 34 heavy (non-hydrogen) atoms. The Morgan fingerprint density at radius 1 is 1.06 bits per heavy atom. The summed E-state index contributed by atoms with van der Waals surface area (Å²) in [6.45, 7) is 3.68. The fourth-order valence-electron chi connectivity index (χ4n) is 3.30. The molecule has 0 bridgehead atoms. The number of aromatic nitrogens is 5. The number of hydrogen-bond acceptors (Lipinski definition) is 6. The van der Waals surface area contributed by atoms with E-state index in [1.807, 2.05) is 19.9 Å². The maximum absolute atomic E-state index is 14.7. The Kier molecular flexibility index (Phi) is 6.73. The molecule has 11 heteroatoms. The molecule has 0 atom stereocenters. The fraction of sp³-hybridized carbons (Fsp3) is 0.174. The van der Waals surface area contributed by atoms with E-state index in [4.69, 9.17) is 0 Å². The van der Waals surface area contributed by atoms with E-state index in [0.717, 1.165) is 11.4 Å². The molecule has 2 aromatic heterocycles. The van der Waals surface area contributed by atoms with Gasteiger partial charge in [0.1, 0.15) is 12.0 Å². The molecule has 2 N–H and O–H groups in total. The van der Waals surface area contributed by atoms with Crippen molar-refractivity contribution in [3.63, 3.8) is 0 Å². The van der Waals surface area contributed by atoms with Crippen LogP contribution in [0.5, 0.6) is 0 Å². The number of benzene rings is 2. The average Bonchev–Trinajstić information content (AvgIpc) is 3.36. The molecule has 0 fully saturated rings. The molecule has 2 amide bonds. The van der Waals surface area contributed by atoms with Crippen LogP contribution in [0.15, 0.2) is 60.0 Å². The summed E-state index contributed by atoms with van der Waals surface area (Å²) in [6.07, 6.45) is 1.56. The minimum atomic E-state index is -0.509. The molecule has 0 unspecified atom stereocenters. The quantitative estimate of drug-likeness (QED) is 0.391. The summed E-state index contributed by atoms with van der Waals surface area (Å²) >= 11 is 1.25. The number of hydrogen-bond donors (Lipinski definition) is 2. The Morgan fingerprint density at radius 3 is 2.53 bits per heavy atom. The van der Waals surface area contributed by atoms with Crippen LogP contribution in [-0.2, 0) is 11.8 Å². The third-order valence-electron chi connectivity index (χ3n) is 4.85. The van der Waals surface area contributed by atoms with Gasteiger partial charge in [0.25, 0.3) is 5.91 Å². The first-order chi connectivity index (χ1) is 16.3. The van der Waals surface area contributed by atoms with Gasteiger partial charge in [-0.2, -0.15) is 5.10 Å². The van der Waals surface area contributed by atoms with Crippen molar-refractivity contribution in [2.24, 2.45) is 7.05 Å². The molecule has 0 aliphatic heterocycles. The largest absolute Gasteiger partial charge is 0.325 e.